The minimum atomic E-state index is -1.25. The van der Waals surface area contributed by atoms with E-state index in [1.165, 1.54) is 13.8 Å². The fourth-order valence-corrected chi connectivity index (χ4v) is 2.93. The van der Waals surface area contributed by atoms with Gasteiger partial charge in [0.2, 0.25) is 0 Å². The number of primary amides is 1. The van der Waals surface area contributed by atoms with Crippen LogP contribution in [-0.4, -0.2) is 61.8 Å². The molecule has 0 spiro atoms. The van der Waals surface area contributed by atoms with Crippen molar-refractivity contribution < 1.29 is 33.4 Å². The first-order valence-corrected chi connectivity index (χ1v) is 10.4. The number of hydrogen-bond donors (Lipinski definition) is 5. The van der Waals surface area contributed by atoms with Crippen molar-refractivity contribution in [2.24, 2.45) is 11.1 Å². The summed E-state index contributed by atoms with van der Waals surface area (Å²) in [7, 11) is 1.12. The normalized spacial score (nSPS) is 14.1. The largest absolute Gasteiger partial charge is 0.453 e. The lowest BCUT2D eigenvalue weighted by Crippen LogP contribution is -2.58. The molecule has 6 N–H and O–H groups in total. The number of aliphatic hydroxyl groups is 1. The molecule has 174 valence electrons. The van der Waals surface area contributed by atoms with Gasteiger partial charge in [0.15, 0.2) is 0 Å². The first kappa shape index (κ1) is 26.8. The first-order chi connectivity index (χ1) is 14.5. The van der Waals surface area contributed by atoms with Crippen LogP contribution in [0, 0.1) is 8.99 Å². The number of hydrazine groups is 1. The highest BCUT2D eigenvalue weighted by Gasteiger charge is 2.37. The van der Waals surface area contributed by atoms with Gasteiger partial charge in [-0.25, -0.2) is 15.0 Å². The SMILES string of the molecule is COC(=O)NC(C(=O)NNC[C@H](O)[C@H](Cc1ccc(I)cc1)OC(N)=O)C(C)(C)CF. The molecule has 0 fully saturated rings. The molecule has 0 aliphatic carbocycles. The summed E-state index contributed by atoms with van der Waals surface area (Å²) in [4.78, 5) is 35.2. The van der Waals surface area contributed by atoms with Crippen LogP contribution in [0.4, 0.5) is 14.0 Å². The van der Waals surface area contributed by atoms with E-state index in [2.05, 4.69) is 43.5 Å². The van der Waals surface area contributed by atoms with Crippen LogP contribution in [0.5, 0.6) is 0 Å². The second-order valence-electron chi connectivity index (χ2n) is 7.43. The maximum absolute atomic E-state index is 13.4. The van der Waals surface area contributed by atoms with Gasteiger partial charge in [-0.2, -0.15) is 0 Å². The Morgan fingerprint density at radius 3 is 2.39 bits per heavy atom. The molecule has 0 saturated heterocycles. The van der Waals surface area contributed by atoms with E-state index >= 15 is 0 Å². The number of carbonyl (C=O) groups excluding carboxylic acids is 3. The number of halogens is 2. The molecule has 0 radical (unpaired) electrons. The molecule has 10 nitrogen and oxygen atoms in total. The van der Waals surface area contributed by atoms with Crippen LogP contribution < -0.4 is 21.9 Å². The third-order valence-electron chi connectivity index (χ3n) is 4.41. The number of benzene rings is 1. The number of rotatable bonds is 11. The lowest BCUT2D eigenvalue weighted by Gasteiger charge is -2.31. The van der Waals surface area contributed by atoms with E-state index in [1.807, 2.05) is 24.3 Å². The van der Waals surface area contributed by atoms with E-state index in [-0.39, 0.29) is 13.0 Å². The highest BCUT2D eigenvalue weighted by atomic mass is 127. The average Bonchev–Trinajstić information content (AvgIpc) is 2.72. The summed E-state index contributed by atoms with van der Waals surface area (Å²) in [6, 6.07) is 6.12. The number of hydrogen-bond acceptors (Lipinski definition) is 7. The quantitative estimate of drug-likeness (QED) is 0.202. The minimum Gasteiger partial charge on any atom is -0.453 e. The number of nitrogens with one attached hydrogen (secondary N) is 3. The predicted molar refractivity (Wildman–Crippen MR) is 119 cm³/mol. The summed E-state index contributed by atoms with van der Waals surface area (Å²) in [6.07, 6.45) is -3.96. The van der Waals surface area contributed by atoms with E-state index in [9.17, 15) is 23.9 Å². The van der Waals surface area contributed by atoms with Crippen molar-refractivity contribution in [2.75, 3.05) is 20.3 Å². The molecule has 1 aromatic rings. The second kappa shape index (κ2) is 12.6. The Morgan fingerprint density at radius 2 is 1.87 bits per heavy atom. The zero-order valence-electron chi connectivity index (χ0n) is 17.5. The van der Waals surface area contributed by atoms with Crippen LogP contribution in [0.1, 0.15) is 19.4 Å². The van der Waals surface area contributed by atoms with Gasteiger partial charge in [0.25, 0.3) is 5.91 Å². The van der Waals surface area contributed by atoms with Gasteiger partial charge in [-0.15, -0.1) is 0 Å². The Labute approximate surface area is 193 Å². The molecule has 1 unspecified atom stereocenters. The summed E-state index contributed by atoms with van der Waals surface area (Å²) >= 11 is 2.15. The highest BCUT2D eigenvalue weighted by molar-refractivity contribution is 14.1. The number of alkyl carbamates (subject to hydrolysis) is 1. The van der Waals surface area contributed by atoms with Crippen LogP contribution in [-0.2, 0) is 20.7 Å². The number of ether oxygens (including phenoxy) is 2. The lowest BCUT2D eigenvalue weighted by atomic mass is 9.85. The van der Waals surface area contributed by atoms with Crippen LogP contribution in [0.25, 0.3) is 0 Å². The summed E-state index contributed by atoms with van der Waals surface area (Å²) in [5, 5.41) is 12.7. The molecule has 12 heteroatoms. The maximum atomic E-state index is 13.4. The minimum absolute atomic E-state index is 0.193. The van der Waals surface area contributed by atoms with Crippen LogP contribution in [0.2, 0.25) is 0 Å². The monoisotopic (exact) mass is 554 g/mol. The zero-order valence-corrected chi connectivity index (χ0v) is 19.6. The van der Waals surface area contributed by atoms with Gasteiger partial charge in [-0.3, -0.25) is 14.6 Å². The molecule has 1 aromatic carbocycles. The summed E-state index contributed by atoms with van der Waals surface area (Å²) in [6.45, 7) is 1.82. The van der Waals surface area contributed by atoms with E-state index in [1.54, 1.807) is 0 Å². The van der Waals surface area contributed by atoms with Gasteiger partial charge in [0.05, 0.1) is 13.8 Å². The fraction of sp³-hybridized carbons (Fsp3) is 0.526. The first-order valence-electron chi connectivity index (χ1n) is 9.32. The second-order valence-corrected chi connectivity index (χ2v) is 8.68. The number of carbonyl (C=O) groups is 3. The molecule has 0 saturated carbocycles. The smallest absolute Gasteiger partial charge is 0.407 e. The van der Waals surface area contributed by atoms with Crippen molar-refractivity contribution in [1.29, 1.82) is 0 Å². The molecule has 0 aliphatic heterocycles. The van der Waals surface area contributed by atoms with E-state index < -0.39 is 48.4 Å². The number of amides is 3. The molecule has 1 rings (SSSR count). The third kappa shape index (κ3) is 9.23. The van der Waals surface area contributed by atoms with Crippen molar-refractivity contribution >= 4 is 40.7 Å². The van der Waals surface area contributed by atoms with Crippen LogP contribution in [0.15, 0.2) is 24.3 Å². The van der Waals surface area contributed by atoms with E-state index in [0.29, 0.717) is 0 Å². The van der Waals surface area contributed by atoms with Gasteiger partial charge in [0.1, 0.15) is 18.2 Å². The molecule has 0 aliphatic rings. The molecule has 0 aromatic heterocycles. The lowest BCUT2D eigenvalue weighted by molar-refractivity contribution is -0.127. The van der Waals surface area contributed by atoms with Gasteiger partial charge < -0.3 is 25.6 Å². The molecule has 31 heavy (non-hydrogen) atoms. The van der Waals surface area contributed by atoms with E-state index in [0.717, 1.165) is 16.2 Å². The van der Waals surface area contributed by atoms with Crippen LogP contribution in [0.3, 0.4) is 0 Å². The maximum Gasteiger partial charge on any atom is 0.407 e. The Balaban J connectivity index is 2.73. The highest BCUT2D eigenvalue weighted by Crippen LogP contribution is 2.21. The van der Waals surface area contributed by atoms with Crippen molar-refractivity contribution in [1.82, 2.24) is 16.2 Å². The Kier molecular flexibility index (Phi) is 10.9. The topological polar surface area (TPSA) is 152 Å². The molecule has 3 atom stereocenters. The summed E-state index contributed by atoms with van der Waals surface area (Å²) in [5.74, 6) is -0.745. The van der Waals surface area contributed by atoms with E-state index in [4.69, 9.17) is 10.5 Å². The van der Waals surface area contributed by atoms with Gasteiger partial charge in [-0.1, -0.05) is 26.0 Å². The van der Waals surface area contributed by atoms with Crippen LogP contribution >= 0.6 is 22.6 Å². The Hall–Kier alpha value is -2.19. The third-order valence-corrected chi connectivity index (χ3v) is 5.12. The summed E-state index contributed by atoms with van der Waals surface area (Å²) < 4.78 is 23.8. The van der Waals surface area contributed by atoms with Gasteiger partial charge >= 0.3 is 12.2 Å². The van der Waals surface area contributed by atoms with Crippen molar-refractivity contribution in [3.63, 3.8) is 0 Å². The number of aliphatic hydroxyl groups excluding tert-OH is 1. The van der Waals surface area contributed by atoms with Crippen molar-refractivity contribution in [3.8, 4) is 0 Å². The molecular weight excluding hydrogens is 526 g/mol. The fourth-order valence-electron chi connectivity index (χ4n) is 2.57. The number of nitrogens with two attached hydrogens (primary N) is 1. The molecular formula is C19H28FIN4O6. The Bertz CT molecular complexity index is 749. The number of alkyl halides is 1. The van der Waals surface area contributed by atoms with Crippen molar-refractivity contribution in [3.05, 3.63) is 33.4 Å². The molecule has 0 heterocycles. The standard InChI is InChI=1S/C19H28FIN4O6/c1-19(2,10-20)15(24-18(29)30-3)16(27)25-23-9-13(26)14(31-17(22)28)8-11-4-6-12(21)7-5-11/h4-7,13-15,23,26H,8-10H2,1-3H3,(H2,22,28)(H,24,29)(H,25,27)/t13-,14-,15?/m0/s1. The predicted octanol–water partition coefficient (Wildman–Crippen LogP) is 1.000. The van der Waals surface area contributed by atoms with Gasteiger partial charge in [-0.05, 0) is 40.3 Å². The number of methoxy groups -OCH3 is 1. The molecule has 3 amide bonds. The zero-order chi connectivity index (χ0) is 23.6. The Morgan fingerprint density at radius 1 is 1.26 bits per heavy atom. The summed E-state index contributed by atoms with van der Waals surface area (Å²) in [5.41, 5.74) is 9.49. The average molecular weight is 554 g/mol. The molecule has 0 bridgehead atoms. The van der Waals surface area contributed by atoms with Gasteiger partial charge in [0, 0.05) is 22.0 Å². The van der Waals surface area contributed by atoms with Crippen molar-refractivity contribution in [2.45, 2.75) is 38.5 Å².